The second-order valence-electron chi connectivity index (χ2n) is 2.87. The van der Waals surface area contributed by atoms with E-state index in [0.717, 1.165) is 17.7 Å². The number of unbranched alkanes of at least 4 members (excludes halogenated alkanes) is 1. The van der Waals surface area contributed by atoms with Crippen LogP contribution in [-0.4, -0.2) is 12.6 Å². The van der Waals surface area contributed by atoms with Crippen LogP contribution in [0.1, 0.15) is 24.6 Å². The number of esters is 1. The van der Waals surface area contributed by atoms with Crippen LogP contribution in [-0.2, 0) is 9.53 Å². The molecule has 0 radical (unpaired) electrons. The third-order valence-electron chi connectivity index (χ3n) is 1.67. The fraction of sp³-hybridized carbons (Fsp3) is 0.364. The lowest BCUT2D eigenvalue weighted by atomic mass is 10.4. The van der Waals surface area contributed by atoms with Gasteiger partial charge in [0.1, 0.15) is 0 Å². The van der Waals surface area contributed by atoms with Gasteiger partial charge in [-0.1, -0.05) is 19.4 Å². The van der Waals surface area contributed by atoms with Crippen molar-refractivity contribution in [3.8, 4) is 0 Å². The number of carbonyl (C=O) groups excluding carboxylic acids is 1. The smallest absolute Gasteiger partial charge is 0.330 e. The van der Waals surface area contributed by atoms with Crippen molar-refractivity contribution >= 4 is 23.4 Å². The number of hydrogen-bond acceptors (Lipinski definition) is 3. The molecular weight excluding hydrogens is 196 g/mol. The average molecular weight is 210 g/mol. The predicted molar refractivity (Wildman–Crippen MR) is 59.2 cm³/mol. The molecule has 0 aromatic carbocycles. The van der Waals surface area contributed by atoms with E-state index in [0.29, 0.717) is 6.61 Å². The Morgan fingerprint density at radius 2 is 2.50 bits per heavy atom. The molecule has 0 spiro atoms. The van der Waals surface area contributed by atoms with Crippen LogP contribution in [0.2, 0.25) is 0 Å². The molecule has 0 aliphatic carbocycles. The second-order valence-corrected chi connectivity index (χ2v) is 3.85. The molecule has 14 heavy (non-hydrogen) atoms. The van der Waals surface area contributed by atoms with Crippen LogP contribution < -0.4 is 0 Å². The minimum Gasteiger partial charge on any atom is -0.463 e. The lowest BCUT2D eigenvalue weighted by molar-refractivity contribution is -0.137. The van der Waals surface area contributed by atoms with Gasteiger partial charge in [-0.25, -0.2) is 4.79 Å². The fourth-order valence-corrected chi connectivity index (χ4v) is 1.52. The summed E-state index contributed by atoms with van der Waals surface area (Å²) in [5.41, 5.74) is 0. The molecular formula is C11H14O2S. The summed E-state index contributed by atoms with van der Waals surface area (Å²) in [4.78, 5) is 12.2. The van der Waals surface area contributed by atoms with Crippen molar-refractivity contribution in [3.05, 3.63) is 28.5 Å². The minimum absolute atomic E-state index is 0.258. The molecule has 0 unspecified atom stereocenters. The highest BCUT2D eigenvalue weighted by atomic mass is 32.1. The molecule has 0 fully saturated rings. The molecule has 0 saturated carbocycles. The zero-order valence-corrected chi connectivity index (χ0v) is 9.05. The third kappa shape index (κ3) is 4.23. The third-order valence-corrected chi connectivity index (χ3v) is 2.51. The number of ether oxygens (including phenoxy) is 1. The summed E-state index contributed by atoms with van der Waals surface area (Å²) in [6, 6.07) is 3.91. The van der Waals surface area contributed by atoms with E-state index in [2.05, 4.69) is 6.92 Å². The van der Waals surface area contributed by atoms with E-state index >= 15 is 0 Å². The number of carbonyl (C=O) groups is 1. The van der Waals surface area contributed by atoms with Gasteiger partial charge < -0.3 is 4.74 Å². The molecule has 0 atom stereocenters. The maximum absolute atomic E-state index is 11.1. The largest absolute Gasteiger partial charge is 0.463 e. The Morgan fingerprint density at radius 1 is 1.64 bits per heavy atom. The molecule has 0 aliphatic heterocycles. The lowest BCUT2D eigenvalue weighted by Crippen LogP contribution is -2.01. The molecule has 76 valence electrons. The van der Waals surface area contributed by atoms with Gasteiger partial charge in [-0.3, -0.25) is 0 Å². The van der Waals surface area contributed by atoms with E-state index < -0.39 is 0 Å². The van der Waals surface area contributed by atoms with Gasteiger partial charge in [0.05, 0.1) is 6.61 Å². The van der Waals surface area contributed by atoms with Crippen LogP contribution >= 0.6 is 11.3 Å². The minimum atomic E-state index is -0.258. The van der Waals surface area contributed by atoms with Crippen LogP contribution in [0, 0.1) is 0 Å². The van der Waals surface area contributed by atoms with E-state index in [-0.39, 0.29) is 5.97 Å². The van der Waals surface area contributed by atoms with Crippen molar-refractivity contribution in [3.63, 3.8) is 0 Å². The van der Waals surface area contributed by atoms with Gasteiger partial charge in [-0.2, -0.15) is 0 Å². The summed E-state index contributed by atoms with van der Waals surface area (Å²) in [6.07, 6.45) is 5.22. The number of hydrogen-bond donors (Lipinski definition) is 0. The highest BCUT2D eigenvalue weighted by molar-refractivity contribution is 7.10. The Labute approximate surface area is 88.2 Å². The molecule has 1 aromatic heterocycles. The first-order valence-corrected chi connectivity index (χ1v) is 5.59. The van der Waals surface area contributed by atoms with Gasteiger partial charge in [-0.05, 0) is 23.9 Å². The first kappa shape index (κ1) is 11.0. The summed E-state index contributed by atoms with van der Waals surface area (Å²) in [5.74, 6) is -0.258. The van der Waals surface area contributed by atoms with Gasteiger partial charge in [0.25, 0.3) is 0 Å². The summed E-state index contributed by atoms with van der Waals surface area (Å²) in [5, 5.41) is 1.97. The molecule has 3 heteroatoms. The Morgan fingerprint density at radius 3 is 3.14 bits per heavy atom. The van der Waals surface area contributed by atoms with E-state index in [1.165, 1.54) is 6.08 Å². The van der Waals surface area contributed by atoms with Crippen molar-refractivity contribution in [2.24, 2.45) is 0 Å². The predicted octanol–water partition coefficient (Wildman–Crippen LogP) is 3.10. The van der Waals surface area contributed by atoms with Crippen LogP contribution in [0.4, 0.5) is 0 Å². The maximum Gasteiger partial charge on any atom is 0.330 e. The zero-order valence-electron chi connectivity index (χ0n) is 8.23. The molecule has 0 aliphatic rings. The monoisotopic (exact) mass is 210 g/mol. The molecule has 0 N–H and O–H groups in total. The molecule has 0 bridgehead atoms. The van der Waals surface area contributed by atoms with E-state index in [1.807, 2.05) is 17.5 Å². The normalized spacial score (nSPS) is 10.6. The van der Waals surface area contributed by atoms with E-state index in [9.17, 15) is 4.79 Å². The van der Waals surface area contributed by atoms with Gasteiger partial charge in [-0.15, -0.1) is 11.3 Å². The van der Waals surface area contributed by atoms with Crippen molar-refractivity contribution in [2.45, 2.75) is 19.8 Å². The van der Waals surface area contributed by atoms with Crippen molar-refractivity contribution < 1.29 is 9.53 Å². The van der Waals surface area contributed by atoms with Crippen LogP contribution in [0.25, 0.3) is 6.08 Å². The maximum atomic E-state index is 11.1. The van der Waals surface area contributed by atoms with Gasteiger partial charge in [0, 0.05) is 11.0 Å². The summed E-state index contributed by atoms with van der Waals surface area (Å²) in [7, 11) is 0. The topological polar surface area (TPSA) is 26.3 Å². The van der Waals surface area contributed by atoms with Crippen molar-refractivity contribution in [1.29, 1.82) is 0 Å². The van der Waals surface area contributed by atoms with Crippen molar-refractivity contribution in [2.75, 3.05) is 6.61 Å². The first-order chi connectivity index (χ1) is 6.83. The highest BCUT2D eigenvalue weighted by Crippen LogP contribution is 2.10. The lowest BCUT2D eigenvalue weighted by Gasteiger charge is -1.98. The van der Waals surface area contributed by atoms with E-state index in [4.69, 9.17) is 4.74 Å². The molecule has 1 aromatic rings. The zero-order chi connectivity index (χ0) is 10.2. The highest BCUT2D eigenvalue weighted by Gasteiger charge is 1.95. The Balaban J connectivity index is 2.26. The Kier molecular flexibility index (Phi) is 5.00. The van der Waals surface area contributed by atoms with E-state index in [1.54, 1.807) is 17.4 Å². The fourth-order valence-electron chi connectivity index (χ4n) is 0.901. The van der Waals surface area contributed by atoms with Gasteiger partial charge in [0.15, 0.2) is 0 Å². The summed E-state index contributed by atoms with van der Waals surface area (Å²) < 4.78 is 4.96. The Bertz CT molecular complexity index is 288. The number of rotatable bonds is 5. The second kappa shape index (κ2) is 6.38. The van der Waals surface area contributed by atoms with Crippen LogP contribution in [0.5, 0.6) is 0 Å². The quantitative estimate of drug-likeness (QED) is 0.424. The van der Waals surface area contributed by atoms with Crippen molar-refractivity contribution in [1.82, 2.24) is 0 Å². The Hall–Kier alpha value is -1.09. The SMILES string of the molecule is CCCCOC(=O)C=Cc1cccs1. The first-order valence-electron chi connectivity index (χ1n) is 4.71. The molecule has 1 rings (SSSR count). The van der Waals surface area contributed by atoms with Crippen LogP contribution in [0.3, 0.4) is 0 Å². The molecule has 2 nitrogen and oxygen atoms in total. The standard InChI is InChI=1S/C11H14O2S/c1-2-3-8-13-11(12)7-6-10-5-4-9-14-10/h4-7,9H,2-3,8H2,1H3. The summed E-state index contributed by atoms with van der Waals surface area (Å²) in [6.45, 7) is 2.58. The molecule has 0 amide bonds. The molecule has 1 heterocycles. The summed E-state index contributed by atoms with van der Waals surface area (Å²) >= 11 is 1.60. The number of thiophene rings is 1. The molecule has 0 saturated heterocycles. The van der Waals surface area contributed by atoms with Gasteiger partial charge >= 0.3 is 5.97 Å². The average Bonchev–Trinajstić information content (AvgIpc) is 2.68. The van der Waals surface area contributed by atoms with Gasteiger partial charge in [0.2, 0.25) is 0 Å². The van der Waals surface area contributed by atoms with Crippen LogP contribution in [0.15, 0.2) is 23.6 Å².